The minimum atomic E-state index is -1.30. The highest BCUT2D eigenvalue weighted by Gasteiger charge is 2.48. The number of hydrogen-bond acceptors (Lipinski definition) is 6. The van der Waals surface area contributed by atoms with Crippen LogP contribution < -0.4 is 11.2 Å². The van der Waals surface area contributed by atoms with Gasteiger partial charge in [-0.05, 0) is 5.56 Å². The van der Waals surface area contributed by atoms with E-state index in [-0.39, 0.29) is 19.6 Å². The molecule has 0 aliphatic carbocycles. The van der Waals surface area contributed by atoms with Crippen molar-refractivity contribution >= 4 is 0 Å². The Morgan fingerprint density at radius 3 is 2.68 bits per heavy atom. The molecular formula is C17H20N2O6. The second-order valence-electron chi connectivity index (χ2n) is 6.02. The van der Waals surface area contributed by atoms with Crippen LogP contribution in [0, 0.1) is 0 Å². The van der Waals surface area contributed by atoms with Gasteiger partial charge in [0.15, 0.2) is 5.72 Å². The summed E-state index contributed by atoms with van der Waals surface area (Å²) >= 11 is 0. The number of rotatable bonds is 6. The maximum Gasteiger partial charge on any atom is 0.330 e. The molecule has 1 aromatic heterocycles. The third-order valence-electron chi connectivity index (χ3n) is 4.21. The Morgan fingerprint density at radius 1 is 1.28 bits per heavy atom. The van der Waals surface area contributed by atoms with Gasteiger partial charge in [0.25, 0.3) is 5.56 Å². The average molecular weight is 348 g/mol. The van der Waals surface area contributed by atoms with Crippen LogP contribution in [-0.4, -0.2) is 45.2 Å². The first kappa shape index (κ1) is 17.6. The molecule has 2 heterocycles. The van der Waals surface area contributed by atoms with Gasteiger partial charge in [-0.2, -0.15) is 0 Å². The van der Waals surface area contributed by atoms with Crippen LogP contribution in [0.5, 0.6) is 0 Å². The largest absolute Gasteiger partial charge is 0.394 e. The van der Waals surface area contributed by atoms with Crippen LogP contribution in [0.3, 0.4) is 0 Å². The smallest absolute Gasteiger partial charge is 0.330 e. The van der Waals surface area contributed by atoms with Gasteiger partial charge in [-0.1, -0.05) is 30.3 Å². The van der Waals surface area contributed by atoms with Gasteiger partial charge in [0.05, 0.1) is 25.9 Å². The van der Waals surface area contributed by atoms with Gasteiger partial charge in [0.2, 0.25) is 0 Å². The summed E-state index contributed by atoms with van der Waals surface area (Å²) in [7, 11) is 0. The fourth-order valence-electron chi connectivity index (χ4n) is 2.98. The normalized spacial score (nSPS) is 26.0. The van der Waals surface area contributed by atoms with E-state index < -0.39 is 29.2 Å². The molecule has 0 spiro atoms. The van der Waals surface area contributed by atoms with Crippen LogP contribution >= 0.6 is 0 Å². The monoisotopic (exact) mass is 348 g/mol. The maximum atomic E-state index is 12.2. The molecule has 8 nitrogen and oxygen atoms in total. The summed E-state index contributed by atoms with van der Waals surface area (Å²) in [5.74, 6) is 0. The summed E-state index contributed by atoms with van der Waals surface area (Å²) in [6, 6.07) is 10.7. The topological polar surface area (TPSA) is 114 Å². The van der Waals surface area contributed by atoms with E-state index in [1.54, 1.807) is 0 Å². The van der Waals surface area contributed by atoms with Gasteiger partial charge in [-0.25, -0.2) is 4.79 Å². The number of hydrogen-bond donors (Lipinski definition) is 3. The van der Waals surface area contributed by atoms with Crippen molar-refractivity contribution in [2.45, 2.75) is 31.0 Å². The molecule has 3 rings (SSSR count). The molecule has 0 radical (unpaired) electrons. The Bertz CT molecular complexity index is 818. The number of aromatic amines is 1. The summed E-state index contributed by atoms with van der Waals surface area (Å²) in [6.45, 7) is -0.120. The van der Waals surface area contributed by atoms with Crippen LogP contribution in [0.1, 0.15) is 12.0 Å². The second kappa shape index (κ2) is 7.32. The first-order valence-corrected chi connectivity index (χ1v) is 7.95. The molecular weight excluding hydrogens is 328 g/mol. The Hall–Kier alpha value is -2.26. The molecule has 1 aliphatic heterocycles. The second-order valence-corrected chi connectivity index (χ2v) is 6.02. The highest BCUT2D eigenvalue weighted by Crippen LogP contribution is 2.34. The molecule has 2 aromatic rings. The maximum absolute atomic E-state index is 12.2. The van der Waals surface area contributed by atoms with E-state index in [0.717, 1.165) is 5.56 Å². The van der Waals surface area contributed by atoms with Crippen molar-refractivity contribution in [3.63, 3.8) is 0 Å². The lowest BCUT2D eigenvalue weighted by atomic mass is 10.1. The molecule has 8 heteroatoms. The molecule has 1 aromatic carbocycles. The third kappa shape index (κ3) is 3.72. The lowest BCUT2D eigenvalue weighted by Gasteiger charge is -2.30. The van der Waals surface area contributed by atoms with Gasteiger partial charge >= 0.3 is 5.69 Å². The number of aliphatic hydroxyl groups is 2. The van der Waals surface area contributed by atoms with Crippen molar-refractivity contribution in [2.75, 3.05) is 13.2 Å². The molecule has 1 fully saturated rings. The SMILES string of the molecule is O=c1ccn([C@@]2(COCc3ccccc3)C[C@H](O)[C@@H](CO)O2)c(=O)[nH]1. The quantitative estimate of drug-likeness (QED) is 0.651. The summed E-state index contributed by atoms with van der Waals surface area (Å²) in [4.78, 5) is 25.7. The Kier molecular flexibility index (Phi) is 5.14. The number of H-pyrrole nitrogens is 1. The summed E-state index contributed by atoms with van der Waals surface area (Å²) in [5.41, 5.74) is -1.55. The molecule has 0 unspecified atom stereocenters. The summed E-state index contributed by atoms with van der Waals surface area (Å²) in [6.07, 6.45) is -0.429. The van der Waals surface area contributed by atoms with E-state index in [1.807, 2.05) is 30.3 Å². The zero-order chi connectivity index (χ0) is 17.9. The molecule has 134 valence electrons. The van der Waals surface area contributed by atoms with E-state index in [9.17, 15) is 19.8 Å². The zero-order valence-corrected chi connectivity index (χ0v) is 13.5. The highest BCUT2D eigenvalue weighted by atomic mass is 16.6. The number of nitrogens with zero attached hydrogens (tertiary/aromatic N) is 1. The number of aromatic nitrogens is 2. The Balaban J connectivity index is 1.85. The summed E-state index contributed by atoms with van der Waals surface area (Å²) < 4.78 is 12.7. The molecule has 1 aliphatic rings. The van der Waals surface area contributed by atoms with E-state index in [0.29, 0.717) is 6.61 Å². The molecule has 0 amide bonds. The van der Waals surface area contributed by atoms with Crippen molar-refractivity contribution in [2.24, 2.45) is 0 Å². The fraction of sp³-hybridized carbons (Fsp3) is 0.412. The molecule has 0 bridgehead atoms. The standard InChI is InChI=1S/C17H20N2O6/c20-9-14-13(21)8-17(25-14,19-7-6-15(22)18-16(19)23)11-24-10-12-4-2-1-3-5-12/h1-7,13-14,20-21H,8-11H2,(H,18,22,23)/t13-,14+,17-/m0/s1. The zero-order valence-electron chi connectivity index (χ0n) is 13.5. The highest BCUT2D eigenvalue weighted by molar-refractivity contribution is 5.13. The average Bonchev–Trinajstić information content (AvgIpc) is 2.92. The number of aliphatic hydroxyl groups excluding tert-OH is 2. The predicted octanol–water partition coefficient (Wildman–Crippen LogP) is -0.452. The first-order valence-electron chi connectivity index (χ1n) is 7.95. The van der Waals surface area contributed by atoms with Crippen LogP contribution in [0.4, 0.5) is 0 Å². The van der Waals surface area contributed by atoms with Gasteiger partial charge in [-0.15, -0.1) is 0 Å². The van der Waals surface area contributed by atoms with E-state index >= 15 is 0 Å². The predicted molar refractivity (Wildman–Crippen MR) is 88.0 cm³/mol. The van der Waals surface area contributed by atoms with Crippen LogP contribution in [0.2, 0.25) is 0 Å². The van der Waals surface area contributed by atoms with Crippen LogP contribution in [0.25, 0.3) is 0 Å². The molecule has 0 saturated carbocycles. The van der Waals surface area contributed by atoms with Gasteiger partial charge in [-0.3, -0.25) is 14.3 Å². The van der Waals surface area contributed by atoms with Crippen LogP contribution in [0.15, 0.2) is 52.2 Å². The minimum absolute atomic E-state index is 0.0264. The first-order chi connectivity index (χ1) is 12.0. The fourth-order valence-corrected chi connectivity index (χ4v) is 2.98. The molecule has 3 N–H and O–H groups in total. The lowest BCUT2D eigenvalue weighted by Crippen LogP contribution is -2.47. The van der Waals surface area contributed by atoms with E-state index in [2.05, 4.69) is 4.98 Å². The van der Waals surface area contributed by atoms with E-state index in [1.165, 1.54) is 16.8 Å². The molecule has 25 heavy (non-hydrogen) atoms. The van der Waals surface area contributed by atoms with Crippen LogP contribution in [-0.2, 0) is 21.8 Å². The van der Waals surface area contributed by atoms with Crippen molar-refractivity contribution in [1.82, 2.24) is 9.55 Å². The lowest BCUT2D eigenvalue weighted by molar-refractivity contribution is -0.157. The number of ether oxygens (including phenoxy) is 2. The van der Waals surface area contributed by atoms with Crippen molar-refractivity contribution in [3.05, 3.63) is 69.0 Å². The van der Waals surface area contributed by atoms with Gasteiger partial charge in [0, 0.05) is 18.7 Å². The minimum Gasteiger partial charge on any atom is -0.394 e. The van der Waals surface area contributed by atoms with Crippen molar-refractivity contribution in [3.8, 4) is 0 Å². The molecule has 3 atom stereocenters. The third-order valence-corrected chi connectivity index (χ3v) is 4.21. The number of benzene rings is 1. The summed E-state index contributed by atoms with van der Waals surface area (Å²) in [5, 5.41) is 19.5. The Morgan fingerprint density at radius 2 is 2.04 bits per heavy atom. The van der Waals surface area contributed by atoms with Crippen molar-refractivity contribution < 1.29 is 19.7 Å². The number of nitrogens with one attached hydrogen (secondary N) is 1. The van der Waals surface area contributed by atoms with E-state index in [4.69, 9.17) is 9.47 Å². The Labute approximate surface area is 143 Å². The van der Waals surface area contributed by atoms with Gasteiger partial charge < -0.3 is 19.7 Å². The molecule has 1 saturated heterocycles. The van der Waals surface area contributed by atoms with Crippen molar-refractivity contribution in [1.29, 1.82) is 0 Å². The van der Waals surface area contributed by atoms with Gasteiger partial charge in [0.1, 0.15) is 6.10 Å².